The first kappa shape index (κ1) is 14.4. The second-order valence-corrected chi connectivity index (χ2v) is 4.60. The second-order valence-electron chi connectivity index (χ2n) is 4.60. The molecule has 0 atom stereocenters. The van der Waals surface area contributed by atoms with Gasteiger partial charge in [-0.1, -0.05) is 0 Å². The number of hydrogen-bond donors (Lipinski definition) is 0. The van der Waals surface area contributed by atoms with Gasteiger partial charge in [-0.15, -0.1) is 0 Å². The monoisotopic (exact) mass is 216 g/mol. The van der Waals surface area contributed by atoms with Crippen LogP contribution in [-0.4, -0.2) is 62.7 Å². The number of hydrogen-bond acceptors (Lipinski definition) is 3. The highest BCUT2D eigenvalue weighted by Crippen LogP contribution is 2.11. The molecule has 1 amide bonds. The molecule has 0 aromatic heterocycles. The van der Waals surface area contributed by atoms with Crippen LogP contribution >= 0.6 is 0 Å². The first-order valence-corrected chi connectivity index (χ1v) is 5.26. The van der Waals surface area contributed by atoms with E-state index in [0.29, 0.717) is 0 Å². The Morgan fingerprint density at radius 1 is 1.20 bits per heavy atom. The minimum absolute atomic E-state index is 0.0313. The summed E-state index contributed by atoms with van der Waals surface area (Å²) in [6, 6.07) is 0. The predicted octanol–water partition coefficient (Wildman–Crippen LogP) is 0.822. The van der Waals surface area contributed by atoms with E-state index in [4.69, 9.17) is 4.74 Å². The Bertz CT molecular complexity index is 203. The smallest absolute Gasteiger partial charge is 0.253 e. The number of carbonyl (C=O) groups is 1. The van der Waals surface area contributed by atoms with Gasteiger partial charge in [-0.25, -0.2) is 0 Å². The Morgan fingerprint density at radius 2 is 1.73 bits per heavy atom. The molecule has 0 heterocycles. The Kier molecular flexibility index (Phi) is 5.83. The summed E-state index contributed by atoms with van der Waals surface area (Å²) in [6.45, 7) is 5.34. The molecule has 0 aliphatic heterocycles. The van der Waals surface area contributed by atoms with E-state index in [1.165, 1.54) is 0 Å². The van der Waals surface area contributed by atoms with Crippen molar-refractivity contribution in [2.45, 2.75) is 25.9 Å². The standard InChI is InChI=1S/C11H24N2O2/c1-11(2,15-6)10(14)13(5)9-7-8-12(3)4/h7-9H2,1-6H3. The number of amides is 1. The van der Waals surface area contributed by atoms with Crippen molar-refractivity contribution in [1.82, 2.24) is 9.80 Å². The molecule has 4 nitrogen and oxygen atoms in total. The molecule has 0 fully saturated rings. The Balaban J connectivity index is 4.00. The molecule has 0 aliphatic carbocycles. The lowest BCUT2D eigenvalue weighted by Gasteiger charge is -2.28. The largest absolute Gasteiger partial charge is 0.369 e. The number of rotatable bonds is 6. The number of ether oxygens (including phenoxy) is 1. The molecule has 0 saturated carbocycles. The summed E-state index contributed by atoms with van der Waals surface area (Å²) in [6.07, 6.45) is 0.981. The van der Waals surface area contributed by atoms with E-state index in [2.05, 4.69) is 4.90 Å². The third kappa shape index (κ3) is 5.14. The van der Waals surface area contributed by atoms with Gasteiger partial charge in [0.2, 0.25) is 0 Å². The fraction of sp³-hybridized carbons (Fsp3) is 0.909. The van der Waals surface area contributed by atoms with Gasteiger partial charge in [-0.05, 0) is 40.9 Å². The number of methoxy groups -OCH3 is 1. The maximum atomic E-state index is 11.9. The van der Waals surface area contributed by atoms with Crippen LogP contribution in [0.2, 0.25) is 0 Å². The van der Waals surface area contributed by atoms with Crippen molar-refractivity contribution >= 4 is 5.91 Å². The van der Waals surface area contributed by atoms with Crippen LogP contribution in [0.3, 0.4) is 0 Å². The first-order chi connectivity index (χ1) is 6.81. The molecule has 0 radical (unpaired) electrons. The summed E-state index contributed by atoms with van der Waals surface area (Å²) >= 11 is 0. The molecule has 4 heteroatoms. The van der Waals surface area contributed by atoms with Gasteiger partial charge in [0.25, 0.3) is 5.91 Å². The molecule has 0 spiro atoms. The van der Waals surface area contributed by atoms with Gasteiger partial charge in [-0.2, -0.15) is 0 Å². The molecular weight excluding hydrogens is 192 g/mol. The van der Waals surface area contributed by atoms with E-state index in [1.807, 2.05) is 21.1 Å². The number of carbonyl (C=O) groups excluding carboxylic acids is 1. The molecule has 0 aromatic carbocycles. The van der Waals surface area contributed by atoms with Crippen LogP contribution in [-0.2, 0) is 9.53 Å². The Morgan fingerprint density at radius 3 is 2.13 bits per heavy atom. The molecule has 0 unspecified atom stereocenters. The highest BCUT2D eigenvalue weighted by molar-refractivity contribution is 5.84. The minimum Gasteiger partial charge on any atom is -0.369 e. The average molecular weight is 216 g/mol. The van der Waals surface area contributed by atoms with Gasteiger partial charge in [0.1, 0.15) is 5.60 Å². The Labute approximate surface area is 93.2 Å². The van der Waals surface area contributed by atoms with Gasteiger partial charge in [0.05, 0.1) is 0 Å². The first-order valence-electron chi connectivity index (χ1n) is 5.26. The maximum absolute atomic E-state index is 11.9. The zero-order chi connectivity index (χ0) is 12.1. The quantitative estimate of drug-likeness (QED) is 0.659. The summed E-state index contributed by atoms with van der Waals surface area (Å²) in [5.41, 5.74) is -0.715. The third-order valence-electron chi connectivity index (χ3n) is 2.47. The van der Waals surface area contributed by atoms with Crippen molar-refractivity contribution in [3.8, 4) is 0 Å². The molecule has 0 bridgehead atoms. The normalized spacial score (nSPS) is 11.9. The lowest BCUT2D eigenvalue weighted by molar-refractivity contribution is -0.149. The summed E-state index contributed by atoms with van der Waals surface area (Å²) in [7, 11) is 7.44. The third-order valence-corrected chi connectivity index (χ3v) is 2.47. The lowest BCUT2D eigenvalue weighted by atomic mass is 10.1. The van der Waals surface area contributed by atoms with Gasteiger partial charge in [0, 0.05) is 20.7 Å². The maximum Gasteiger partial charge on any atom is 0.253 e. The fourth-order valence-electron chi connectivity index (χ4n) is 1.27. The highest BCUT2D eigenvalue weighted by Gasteiger charge is 2.29. The highest BCUT2D eigenvalue weighted by atomic mass is 16.5. The van der Waals surface area contributed by atoms with Crippen molar-refractivity contribution in [3.05, 3.63) is 0 Å². The van der Waals surface area contributed by atoms with Gasteiger partial charge >= 0.3 is 0 Å². The fourth-order valence-corrected chi connectivity index (χ4v) is 1.27. The zero-order valence-electron chi connectivity index (χ0n) is 10.8. The van der Waals surface area contributed by atoms with Crippen LogP contribution < -0.4 is 0 Å². The van der Waals surface area contributed by atoms with E-state index < -0.39 is 5.60 Å². The zero-order valence-corrected chi connectivity index (χ0v) is 10.8. The van der Waals surface area contributed by atoms with Gasteiger partial charge in [0.15, 0.2) is 0 Å². The van der Waals surface area contributed by atoms with Gasteiger partial charge < -0.3 is 14.5 Å². The van der Waals surface area contributed by atoms with Crippen LogP contribution in [0.5, 0.6) is 0 Å². The van der Waals surface area contributed by atoms with Crippen molar-refractivity contribution in [2.75, 3.05) is 41.3 Å². The van der Waals surface area contributed by atoms with E-state index in [-0.39, 0.29) is 5.91 Å². The molecule has 15 heavy (non-hydrogen) atoms. The number of nitrogens with zero attached hydrogens (tertiary/aromatic N) is 2. The molecule has 0 N–H and O–H groups in total. The van der Waals surface area contributed by atoms with Crippen LogP contribution in [0.25, 0.3) is 0 Å². The van der Waals surface area contributed by atoms with E-state index >= 15 is 0 Å². The van der Waals surface area contributed by atoms with Crippen molar-refractivity contribution in [1.29, 1.82) is 0 Å². The van der Waals surface area contributed by atoms with E-state index in [1.54, 1.807) is 25.9 Å². The summed E-state index contributed by atoms with van der Waals surface area (Å²) in [4.78, 5) is 15.7. The van der Waals surface area contributed by atoms with Crippen molar-refractivity contribution in [2.24, 2.45) is 0 Å². The van der Waals surface area contributed by atoms with Gasteiger partial charge in [-0.3, -0.25) is 4.79 Å². The summed E-state index contributed by atoms with van der Waals surface area (Å²) in [5.74, 6) is 0.0313. The lowest BCUT2D eigenvalue weighted by Crippen LogP contribution is -2.45. The molecule has 90 valence electrons. The molecule has 0 aromatic rings. The topological polar surface area (TPSA) is 32.8 Å². The van der Waals surface area contributed by atoms with Crippen LogP contribution in [0, 0.1) is 0 Å². The van der Waals surface area contributed by atoms with Crippen molar-refractivity contribution < 1.29 is 9.53 Å². The SMILES string of the molecule is COC(C)(C)C(=O)N(C)CCCN(C)C. The van der Waals surface area contributed by atoms with Crippen LogP contribution in [0.4, 0.5) is 0 Å². The summed E-state index contributed by atoms with van der Waals surface area (Å²) < 4.78 is 5.15. The van der Waals surface area contributed by atoms with E-state index in [0.717, 1.165) is 19.5 Å². The molecule has 0 saturated heterocycles. The molecule has 0 aliphatic rings. The van der Waals surface area contributed by atoms with Crippen molar-refractivity contribution in [3.63, 3.8) is 0 Å². The molecule has 0 rings (SSSR count). The minimum atomic E-state index is -0.715. The average Bonchev–Trinajstić information content (AvgIpc) is 2.15. The molecular formula is C11H24N2O2. The Hall–Kier alpha value is -0.610. The van der Waals surface area contributed by atoms with Crippen LogP contribution in [0.1, 0.15) is 20.3 Å². The van der Waals surface area contributed by atoms with E-state index in [9.17, 15) is 4.79 Å². The number of likely N-dealkylation sites (N-methyl/N-ethyl adjacent to an activating group) is 1. The van der Waals surface area contributed by atoms with Crippen LogP contribution in [0.15, 0.2) is 0 Å². The second kappa shape index (κ2) is 6.08. The summed E-state index contributed by atoms with van der Waals surface area (Å²) in [5, 5.41) is 0. The predicted molar refractivity (Wildman–Crippen MR) is 61.9 cm³/mol.